The highest BCUT2D eigenvalue weighted by Crippen LogP contribution is 2.27. The number of benzene rings is 1. The minimum Gasteiger partial charge on any atom is -0.478 e. The van der Waals surface area contributed by atoms with E-state index in [2.05, 4.69) is 5.10 Å². The predicted octanol–water partition coefficient (Wildman–Crippen LogP) is 3.55. The Morgan fingerprint density at radius 2 is 2.32 bits per heavy atom. The highest BCUT2D eigenvalue weighted by molar-refractivity contribution is 7.98. The molecule has 0 atom stereocenters. The Hall–Kier alpha value is -1.46. The van der Waals surface area contributed by atoms with E-state index >= 15 is 0 Å². The maximum Gasteiger partial charge on any atom is 0.337 e. The van der Waals surface area contributed by atoms with Crippen LogP contribution in [-0.2, 0) is 12.3 Å². The highest BCUT2D eigenvalue weighted by atomic mass is 35.5. The summed E-state index contributed by atoms with van der Waals surface area (Å²) in [5.41, 5.74) is 1.24. The van der Waals surface area contributed by atoms with Crippen LogP contribution in [0, 0.1) is 0 Å². The number of nitrogens with zero attached hydrogens (tertiary/aromatic N) is 2. The summed E-state index contributed by atoms with van der Waals surface area (Å²) < 4.78 is 1.86. The summed E-state index contributed by atoms with van der Waals surface area (Å²) in [6.45, 7) is 2.87. The molecule has 0 bridgehead atoms. The quantitative estimate of drug-likeness (QED) is 0.857. The van der Waals surface area contributed by atoms with Crippen molar-refractivity contribution in [1.82, 2.24) is 9.78 Å². The van der Waals surface area contributed by atoms with E-state index in [1.807, 2.05) is 30.1 Å². The molecule has 1 aromatic heterocycles. The van der Waals surface area contributed by atoms with Gasteiger partial charge in [-0.1, -0.05) is 11.6 Å². The van der Waals surface area contributed by atoms with Crippen molar-refractivity contribution in [2.45, 2.75) is 24.1 Å². The van der Waals surface area contributed by atoms with Gasteiger partial charge in [0.25, 0.3) is 0 Å². The number of carbonyl (C=O) groups is 1. The van der Waals surface area contributed by atoms with Crippen LogP contribution in [0.5, 0.6) is 0 Å². The van der Waals surface area contributed by atoms with Crippen molar-refractivity contribution in [3.8, 4) is 0 Å². The maximum absolute atomic E-state index is 11.0. The Morgan fingerprint density at radius 3 is 2.95 bits per heavy atom. The molecule has 0 aliphatic rings. The van der Waals surface area contributed by atoms with Crippen molar-refractivity contribution in [2.75, 3.05) is 0 Å². The van der Waals surface area contributed by atoms with Crippen LogP contribution < -0.4 is 0 Å². The molecule has 19 heavy (non-hydrogen) atoms. The number of aromatic carboxylic acids is 1. The van der Waals surface area contributed by atoms with E-state index in [1.165, 1.54) is 0 Å². The number of carboxylic acid groups (broad SMARTS) is 1. The molecule has 0 fully saturated rings. The van der Waals surface area contributed by atoms with Crippen molar-refractivity contribution in [1.29, 1.82) is 0 Å². The van der Waals surface area contributed by atoms with Gasteiger partial charge in [0, 0.05) is 29.0 Å². The van der Waals surface area contributed by atoms with Crippen molar-refractivity contribution in [3.05, 3.63) is 46.7 Å². The van der Waals surface area contributed by atoms with Gasteiger partial charge in [-0.05, 0) is 25.1 Å². The molecule has 0 unspecified atom stereocenters. The first kappa shape index (κ1) is 14.0. The molecular weight excluding hydrogens is 284 g/mol. The van der Waals surface area contributed by atoms with Crippen LogP contribution in [0.25, 0.3) is 0 Å². The molecule has 2 aromatic rings. The van der Waals surface area contributed by atoms with E-state index in [0.717, 1.165) is 22.8 Å². The van der Waals surface area contributed by atoms with Gasteiger partial charge in [0.15, 0.2) is 0 Å². The molecule has 1 N–H and O–H groups in total. The van der Waals surface area contributed by atoms with Gasteiger partial charge in [0.2, 0.25) is 0 Å². The summed E-state index contributed by atoms with van der Waals surface area (Å²) in [4.78, 5) is 11.9. The van der Waals surface area contributed by atoms with Crippen molar-refractivity contribution < 1.29 is 9.90 Å². The lowest BCUT2D eigenvalue weighted by atomic mass is 10.2. The zero-order chi connectivity index (χ0) is 13.8. The number of rotatable bonds is 5. The van der Waals surface area contributed by atoms with Crippen LogP contribution in [0.3, 0.4) is 0 Å². The monoisotopic (exact) mass is 296 g/mol. The Kier molecular flexibility index (Phi) is 4.50. The van der Waals surface area contributed by atoms with Gasteiger partial charge in [-0.2, -0.15) is 5.10 Å². The van der Waals surface area contributed by atoms with Gasteiger partial charge in [0.05, 0.1) is 16.8 Å². The normalized spacial score (nSPS) is 10.6. The second kappa shape index (κ2) is 6.12. The van der Waals surface area contributed by atoms with Crippen LogP contribution in [0.1, 0.15) is 22.8 Å². The van der Waals surface area contributed by atoms with E-state index in [-0.39, 0.29) is 10.6 Å². The molecule has 2 rings (SSSR count). The van der Waals surface area contributed by atoms with Crippen LogP contribution in [0.4, 0.5) is 0 Å². The van der Waals surface area contributed by atoms with E-state index in [0.29, 0.717) is 0 Å². The fraction of sp³-hybridized carbons (Fsp3) is 0.231. The molecule has 1 heterocycles. The molecule has 0 saturated heterocycles. The molecular formula is C13H13ClN2O2S. The average molecular weight is 297 g/mol. The van der Waals surface area contributed by atoms with Crippen molar-refractivity contribution >= 4 is 29.3 Å². The van der Waals surface area contributed by atoms with Gasteiger partial charge in [-0.15, -0.1) is 11.8 Å². The largest absolute Gasteiger partial charge is 0.478 e. The standard InChI is InChI=1S/C13H13ClN2O2S/c1-2-16-7-9(6-15-16)8-19-10-3-4-12(14)11(5-10)13(17)18/h3-7H,2,8H2,1H3,(H,17,18). The molecule has 0 spiro atoms. The summed E-state index contributed by atoms with van der Waals surface area (Å²) in [5.74, 6) is -0.257. The van der Waals surface area contributed by atoms with Crippen LogP contribution >= 0.6 is 23.4 Å². The molecule has 0 radical (unpaired) electrons. The second-order valence-electron chi connectivity index (χ2n) is 3.94. The van der Waals surface area contributed by atoms with E-state index in [1.54, 1.807) is 23.9 Å². The molecule has 1 aromatic carbocycles. The SMILES string of the molecule is CCn1cc(CSc2ccc(Cl)c(C(=O)O)c2)cn1. The zero-order valence-electron chi connectivity index (χ0n) is 10.3. The fourth-order valence-electron chi connectivity index (χ4n) is 1.58. The third kappa shape index (κ3) is 3.52. The molecule has 6 heteroatoms. The smallest absolute Gasteiger partial charge is 0.337 e. The number of hydrogen-bond acceptors (Lipinski definition) is 3. The number of hydrogen-bond donors (Lipinski definition) is 1. The Labute approximate surface area is 120 Å². The lowest BCUT2D eigenvalue weighted by Crippen LogP contribution is -1.97. The van der Waals surface area contributed by atoms with Gasteiger partial charge >= 0.3 is 5.97 Å². The fourth-order valence-corrected chi connectivity index (χ4v) is 2.62. The maximum atomic E-state index is 11.0. The minimum atomic E-state index is -1.01. The number of carboxylic acids is 1. The third-order valence-electron chi connectivity index (χ3n) is 2.58. The Morgan fingerprint density at radius 1 is 1.53 bits per heavy atom. The molecule has 0 saturated carbocycles. The van der Waals surface area contributed by atoms with E-state index < -0.39 is 5.97 Å². The minimum absolute atomic E-state index is 0.135. The predicted molar refractivity (Wildman–Crippen MR) is 75.9 cm³/mol. The van der Waals surface area contributed by atoms with Crippen LogP contribution in [0.15, 0.2) is 35.5 Å². The van der Waals surface area contributed by atoms with E-state index in [9.17, 15) is 4.79 Å². The summed E-state index contributed by atoms with van der Waals surface area (Å²) >= 11 is 7.39. The third-order valence-corrected chi connectivity index (χ3v) is 3.98. The number of thioether (sulfide) groups is 1. The van der Waals surface area contributed by atoms with Gasteiger partial charge < -0.3 is 5.11 Å². The average Bonchev–Trinajstić information content (AvgIpc) is 2.85. The first-order chi connectivity index (χ1) is 9.10. The molecule has 0 aliphatic carbocycles. The number of aromatic nitrogens is 2. The second-order valence-corrected chi connectivity index (χ2v) is 5.40. The summed E-state index contributed by atoms with van der Waals surface area (Å²) in [6.07, 6.45) is 3.81. The molecule has 0 amide bonds. The first-order valence-corrected chi connectivity index (χ1v) is 7.13. The Balaban J connectivity index is 2.07. The van der Waals surface area contributed by atoms with Crippen LogP contribution in [-0.4, -0.2) is 20.9 Å². The van der Waals surface area contributed by atoms with E-state index in [4.69, 9.17) is 16.7 Å². The summed E-state index contributed by atoms with van der Waals surface area (Å²) in [7, 11) is 0. The highest BCUT2D eigenvalue weighted by Gasteiger charge is 2.09. The first-order valence-electron chi connectivity index (χ1n) is 5.77. The molecule has 100 valence electrons. The summed E-state index contributed by atoms with van der Waals surface area (Å²) in [5, 5.41) is 13.5. The zero-order valence-corrected chi connectivity index (χ0v) is 11.9. The lowest BCUT2D eigenvalue weighted by Gasteiger charge is -2.03. The number of aryl methyl sites for hydroxylation is 1. The number of halogens is 1. The van der Waals surface area contributed by atoms with Crippen molar-refractivity contribution in [3.63, 3.8) is 0 Å². The lowest BCUT2D eigenvalue weighted by molar-refractivity contribution is 0.0697. The van der Waals surface area contributed by atoms with Gasteiger partial charge in [0.1, 0.15) is 0 Å². The van der Waals surface area contributed by atoms with Gasteiger partial charge in [-0.25, -0.2) is 4.79 Å². The molecule has 0 aliphatic heterocycles. The molecule has 4 nitrogen and oxygen atoms in total. The Bertz CT molecular complexity index is 598. The van der Waals surface area contributed by atoms with Crippen LogP contribution in [0.2, 0.25) is 5.02 Å². The summed E-state index contributed by atoms with van der Waals surface area (Å²) in [6, 6.07) is 5.03. The topological polar surface area (TPSA) is 55.1 Å². The van der Waals surface area contributed by atoms with Gasteiger partial charge in [-0.3, -0.25) is 4.68 Å². The van der Waals surface area contributed by atoms with Crippen molar-refractivity contribution in [2.24, 2.45) is 0 Å².